The van der Waals surface area contributed by atoms with Crippen LogP contribution in [0.3, 0.4) is 0 Å². The summed E-state index contributed by atoms with van der Waals surface area (Å²) >= 11 is 0. The van der Waals surface area contributed by atoms with Crippen molar-refractivity contribution in [3.8, 4) is 5.75 Å². The quantitative estimate of drug-likeness (QED) is 0.846. The highest BCUT2D eigenvalue weighted by molar-refractivity contribution is 5.79. The predicted molar refractivity (Wildman–Crippen MR) is 111 cm³/mol. The van der Waals surface area contributed by atoms with Gasteiger partial charge in [-0.25, -0.2) is 0 Å². The average molecular weight is 378 g/mol. The molecule has 0 atom stereocenters. The third-order valence-electron chi connectivity index (χ3n) is 5.79. The van der Waals surface area contributed by atoms with Crippen LogP contribution in [0.25, 0.3) is 5.57 Å². The summed E-state index contributed by atoms with van der Waals surface area (Å²) in [6.45, 7) is 5.91. The first-order chi connectivity index (χ1) is 13.7. The summed E-state index contributed by atoms with van der Waals surface area (Å²) in [4.78, 5) is 18.4. The monoisotopic (exact) mass is 378 g/mol. The molecule has 2 heterocycles. The van der Waals surface area contributed by atoms with E-state index in [1.54, 1.807) is 12.1 Å². The minimum Gasteiger partial charge on any atom is -0.508 e. The Morgan fingerprint density at radius 2 is 1.68 bits per heavy atom. The summed E-state index contributed by atoms with van der Waals surface area (Å²) in [6, 6.07) is 17.8. The van der Waals surface area contributed by atoms with Gasteiger partial charge in [-0.3, -0.25) is 4.79 Å². The van der Waals surface area contributed by atoms with E-state index in [0.717, 1.165) is 51.4 Å². The van der Waals surface area contributed by atoms with Gasteiger partial charge in [-0.05, 0) is 41.8 Å². The second-order valence-electron chi connectivity index (χ2n) is 7.62. The van der Waals surface area contributed by atoms with Gasteiger partial charge in [-0.15, -0.1) is 0 Å². The largest absolute Gasteiger partial charge is 0.508 e. The molecule has 0 spiro atoms. The lowest BCUT2D eigenvalue weighted by Gasteiger charge is -2.34. The van der Waals surface area contributed by atoms with E-state index in [4.69, 9.17) is 0 Å². The van der Waals surface area contributed by atoms with E-state index in [0.29, 0.717) is 12.3 Å². The second kappa shape index (κ2) is 8.48. The molecule has 5 heteroatoms. The Bertz CT molecular complexity index is 825. The van der Waals surface area contributed by atoms with E-state index in [-0.39, 0.29) is 5.91 Å². The second-order valence-corrected chi connectivity index (χ2v) is 7.62. The molecule has 0 aromatic heterocycles. The van der Waals surface area contributed by atoms with Gasteiger partial charge in [-0.1, -0.05) is 36.4 Å². The summed E-state index contributed by atoms with van der Waals surface area (Å²) in [6.07, 6.45) is 3.13. The normalized spacial score (nSPS) is 18.1. The first kappa shape index (κ1) is 18.6. The van der Waals surface area contributed by atoms with Crippen LogP contribution in [0.5, 0.6) is 5.75 Å². The van der Waals surface area contributed by atoms with Crippen LogP contribution in [0.15, 0.2) is 60.7 Å². The van der Waals surface area contributed by atoms with Crippen molar-refractivity contribution >= 4 is 17.2 Å². The van der Waals surface area contributed by atoms with E-state index in [1.807, 2.05) is 23.1 Å². The van der Waals surface area contributed by atoms with Crippen LogP contribution in [0, 0.1) is 0 Å². The van der Waals surface area contributed by atoms with Crippen molar-refractivity contribution in [1.82, 2.24) is 4.90 Å². The van der Waals surface area contributed by atoms with Crippen LogP contribution in [0.2, 0.25) is 0 Å². The average Bonchev–Trinajstić information content (AvgIpc) is 2.76. The van der Waals surface area contributed by atoms with Crippen molar-refractivity contribution < 1.29 is 14.8 Å². The molecule has 0 unspecified atom stereocenters. The van der Waals surface area contributed by atoms with E-state index in [1.165, 1.54) is 16.0 Å². The van der Waals surface area contributed by atoms with Crippen LogP contribution in [0.4, 0.5) is 5.69 Å². The number of quaternary nitrogens is 1. The van der Waals surface area contributed by atoms with Crippen molar-refractivity contribution in [1.29, 1.82) is 0 Å². The molecule has 0 bridgehead atoms. The molecule has 146 valence electrons. The van der Waals surface area contributed by atoms with Crippen LogP contribution in [-0.4, -0.2) is 61.7 Å². The van der Waals surface area contributed by atoms with Gasteiger partial charge in [0.15, 0.2) is 6.54 Å². The topological polar surface area (TPSA) is 48.2 Å². The Balaban J connectivity index is 1.26. The SMILES string of the molecule is O=C(C[NH+]1CCN(c2ccc(O)cc2)CC1)N1CC=C(c2ccccc2)CC1. The summed E-state index contributed by atoms with van der Waals surface area (Å²) < 4.78 is 0. The summed E-state index contributed by atoms with van der Waals surface area (Å²) in [5.41, 5.74) is 3.75. The first-order valence-electron chi connectivity index (χ1n) is 10.1. The maximum absolute atomic E-state index is 12.7. The molecule has 2 aromatic carbocycles. The number of hydrogen-bond donors (Lipinski definition) is 2. The number of carbonyl (C=O) groups excluding carboxylic acids is 1. The Hall–Kier alpha value is -2.79. The Morgan fingerprint density at radius 3 is 2.32 bits per heavy atom. The van der Waals surface area contributed by atoms with Crippen LogP contribution in [0.1, 0.15) is 12.0 Å². The first-order valence-corrected chi connectivity index (χ1v) is 10.1. The fourth-order valence-electron chi connectivity index (χ4n) is 4.06. The number of nitrogens with one attached hydrogen (secondary N) is 1. The number of phenolic OH excluding ortho intramolecular Hbond substituents is 1. The Morgan fingerprint density at radius 1 is 0.964 bits per heavy atom. The molecular weight excluding hydrogens is 350 g/mol. The smallest absolute Gasteiger partial charge is 0.278 e. The fourth-order valence-corrected chi connectivity index (χ4v) is 4.06. The van der Waals surface area contributed by atoms with Gasteiger partial charge in [0.1, 0.15) is 5.75 Å². The standard InChI is InChI=1S/C23H27N3O2/c27-22-8-6-21(7-9-22)25-16-14-24(15-17-25)18-23(28)26-12-10-20(11-13-26)19-4-2-1-3-5-19/h1-10,27H,11-18H2/p+1. The van der Waals surface area contributed by atoms with Crippen molar-refractivity contribution in [2.24, 2.45) is 0 Å². The lowest BCUT2D eigenvalue weighted by molar-refractivity contribution is -0.892. The molecule has 0 radical (unpaired) electrons. The zero-order valence-electron chi connectivity index (χ0n) is 16.2. The minimum atomic E-state index is 0.261. The predicted octanol–water partition coefficient (Wildman–Crippen LogP) is 1.41. The van der Waals surface area contributed by atoms with Crippen molar-refractivity contribution in [2.75, 3.05) is 50.7 Å². The molecule has 2 aliphatic rings. The third kappa shape index (κ3) is 4.37. The van der Waals surface area contributed by atoms with Crippen LogP contribution in [-0.2, 0) is 4.79 Å². The molecule has 0 aliphatic carbocycles. The summed E-state index contributed by atoms with van der Waals surface area (Å²) in [7, 11) is 0. The third-order valence-corrected chi connectivity index (χ3v) is 5.79. The molecule has 2 aromatic rings. The summed E-state index contributed by atoms with van der Waals surface area (Å²) in [5, 5.41) is 9.43. The fraction of sp³-hybridized carbons (Fsp3) is 0.348. The van der Waals surface area contributed by atoms with Gasteiger partial charge in [0.05, 0.1) is 26.2 Å². The van der Waals surface area contributed by atoms with E-state index in [9.17, 15) is 9.90 Å². The number of rotatable bonds is 4. The number of nitrogens with zero attached hydrogens (tertiary/aromatic N) is 2. The number of benzene rings is 2. The molecule has 28 heavy (non-hydrogen) atoms. The van der Waals surface area contributed by atoms with Gasteiger partial charge in [0.2, 0.25) is 0 Å². The number of hydrogen-bond acceptors (Lipinski definition) is 3. The Labute approximate surface area is 166 Å². The van der Waals surface area contributed by atoms with Crippen molar-refractivity contribution in [3.05, 3.63) is 66.2 Å². The van der Waals surface area contributed by atoms with Gasteiger partial charge < -0.3 is 19.8 Å². The minimum absolute atomic E-state index is 0.261. The van der Waals surface area contributed by atoms with Gasteiger partial charge in [0, 0.05) is 18.8 Å². The number of aromatic hydroxyl groups is 1. The van der Waals surface area contributed by atoms with E-state index < -0.39 is 0 Å². The maximum atomic E-state index is 12.7. The number of amides is 1. The van der Waals surface area contributed by atoms with Crippen molar-refractivity contribution in [2.45, 2.75) is 6.42 Å². The number of carbonyl (C=O) groups is 1. The molecule has 1 amide bonds. The van der Waals surface area contributed by atoms with Gasteiger partial charge in [-0.2, -0.15) is 0 Å². The molecule has 1 fully saturated rings. The molecule has 2 aliphatic heterocycles. The van der Waals surface area contributed by atoms with Gasteiger partial charge in [0.25, 0.3) is 5.91 Å². The lowest BCUT2D eigenvalue weighted by atomic mass is 9.99. The van der Waals surface area contributed by atoms with Crippen LogP contribution < -0.4 is 9.80 Å². The maximum Gasteiger partial charge on any atom is 0.278 e. The van der Waals surface area contributed by atoms with Crippen molar-refractivity contribution in [3.63, 3.8) is 0 Å². The zero-order valence-corrected chi connectivity index (χ0v) is 16.2. The molecule has 1 saturated heterocycles. The molecular formula is C23H28N3O2+. The molecule has 5 nitrogen and oxygen atoms in total. The highest BCUT2D eigenvalue weighted by Gasteiger charge is 2.26. The van der Waals surface area contributed by atoms with E-state index >= 15 is 0 Å². The molecule has 2 N–H and O–H groups in total. The number of anilines is 1. The number of phenols is 1. The zero-order chi connectivity index (χ0) is 19.3. The summed E-state index contributed by atoms with van der Waals surface area (Å²) in [5.74, 6) is 0.557. The highest BCUT2D eigenvalue weighted by atomic mass is 16.3. The van der Waals surface area contributed by atoms with Crippen LogP contribution >= 0.6 is 0 Å². The molecule has 0 saturated carbocycles. The Kier molecular flexibility index (Phi) is 5.63. The van der Waals surface area contributed by atoms with E-state index in [2.05, 4.69) is 35.2 Å². The lowest BCUT2D eigenvalue weighted by Crippen LogP contribution is -3.15. The highest BCUT2D eigenvalue weighted by Crippen LogP contribution is 2.22. The molecule has 4 rings (SSSR count). The van der Waals surface area contributed by atoms with Gasteiger partial charge >= 0.3 is 0 Å². The number of piperazine rings is 1.